The molecule has 0 spiro atoms. The third-order valence-corrected chi connectivity index (χ3v) is 4.37. The highest BCUT2D eigenvalue weighted by atomic mass is 19.1. The molecule has 2 N–H and O–H groups in total. The van der Waals surface area contributed by atoms with E-state index in [1.165, 1.54) is 6.07 Å². The maximum atomic E-state index is 13.7. The van der Waals surface area contributed by atoms with Gasteiger partial charge >= 0.3 is 5.97 Å². The Kier molecular flexibility index (Phi) is 5.52. The van der Waals surface area contributed by atoms with Crippen molar-refractivity contribution in [3.63, 3.8) is 0 Å². The van der Waals surface area contributed by atoms with Gasteiger partial charge in [0.2, 0.25) is 5.91 Å². The van der Waals surface area contributed by atoms with Crippen LogP contribution >= 0.6 is 0 Å². The van der Waals surface area contributed by atoms with Gasteiger partial charge in [0.05, 0.1) is 5.92 Å². The number of hydrogen-bond acceptors (Lipinski definition) is 2. The van der Waals surface area contributed by atoms with Gasteiger partial charge in [-0.15, -0.1) is 0 Å². The van der Waals surface area contributed by atoms with Crippen LogP contribution in [0.15, 0.2) is 24.3 Å². The second kappa shape index (κ2) is 7.38. The Labute approximate surface area is 129 Å². The lowest BCUT2D eigenvalue weighted by Crippen LogP contribution is -2.39. The van der Waals surface area contributed by atoms with Gasteiger partial charge in [-0.05, 0) is 43.2 Å². The largest absolute Gasteiger partial charge is 0.481 e. The average molecular weight is 307 g/mol. The van der Waals surface area contributed by atoms with E-state index in [2.05, 4.69) is 5.32 Å². The third kappa shape index (κ3) is 4.29. The standard InChI is InChI=1S/C17H22FNO3/c1-11(14-4-2-3-5-15(14)18)10-16(20)19-13-8-6-12(7-9-13)17(21)22/h2-5,11-13H,6-10H2,1H3,(H,19,20)(H,21,22). The monoisotopic (exact) mass is 307 g/mol. The Morgan fingerprint density at radius 2 is 1.91 bits per heavy atom. The molecule has 1 aliphatic rings. The van der Waals surface area contributed by atoms with Crippen LogP contribution in [-0.4, -0.2) is 23.0 Å². The third-order valence-electron chi connectivity index (χ3n) is 4.37. The van der Waals surface area contributed by atoms with Crippen molar-refractivity contribution in [2.45, 2.75) is 51.0 Å². The van der Waals surface area contributed by atoms with Gasteiger partial charge in [0.15, 0.2) is 0 Å². The van der Waals surface area contributed by atoms with Gasteiger partial charge in [-0.2, -0.15) is 0 Å². The number of benzene rings is 1. The molecule has 0 aromatic heterocycles. The fourth-order valence-corrected chi connectivity index (χ4v) is 3.03. The molecule has 1 aromatic rings. The van der Waals surface area contributed by atoms with Gasteiger partial charge in [0.1, 0.15) is 5.82 Å². The van der Waals surface area contributed by atoms with E-state index in [1.54, 1.807) is 18.2 Å². The molecule has 0 heterocycles. The normalized spacial score (nSPS) is 22.8. The number of carboxylic acids is 1. The average Bonchev–Trinajstić information content (AvgIpc) is 2.48. The van der Waals surface area contributed by atoms with Crippen LogP contribution in [0.5, 0.6) is 0 Å². The molecule has 1 amide bonds. The van der Waals surface area contributed by atoms with Crippen LogP contribution in [0.4, 0.5) is 4.39 Å². The molecule has 1 aliphatic carbocycles. The van der Waals surface area contributed by atoms with E-state index in [4.69, 9.17) is 5.11 Å². The fourth-order valence-electron chi connectivity index (χ4n) is 3.03. The number of carbonyl (C=O) groups excluding carboxylic acids is 1. The summed E-state index contributed by atoms with van der Waals surface area (Å²) in [5, 5.41) is 11.9. The zero-order valence-corrected chi connectivity index (χ0v) is 12.7. The van der Waals surface area contributed by atoms with E-state index in [1.807, 2.05) is 6.92 Å². The number of carboxylic acid groups (broad SMARTS) is 1. The Morgan fingerprint density at radius 3 is 2.50 bits per heavy atom. The first kappa shape index (κ1) is 16.5. The molecule has 0 bridgehead atoms. The summed E-state index contributed by atoms with van der Waals surface area (Å²) in [5.74, 6) is -1.61. The zero-order chi connectivity index (χ0) is 16.1. The van der Waals surface area contributed by atoms with E-state index in [0.29, 0.717) is 31.2 Å². The first-order valence-corrected chi connectivity index (χ1v) is 7.74. The van der Waals surface area contributed by atoms with Crippen molar-refractivity contribution in [3.05, 3.63) is 35.6 Å². The summed E-state index contributed by atoms with van der Waals surface area (Å²) in [6.45, 7) is 1.83. The number of carbonyl (C=O) groups is 2. The SMILES string of the molecule is CC(CC(=O)NC1CCC(C(=O)O)CC1)c1ccccc1F. The van der Waals surface area contributed by atoms with Crippen molar-refractivity contribution in [1.29, 1.82) is 0 Å². The van der Waals surface area contributed by atoms with Crippen LogP contribution in [0.2, 0.25) is 0 Å². The summed E-state index contributed by atoms with van der Waals surface area (Å²) in [5.41, 5.74) is 0.548. The number of rotatable bonds is 5. The van der Waals surface area contributed by atoms with Crippen LogP contribution in [0.25, 0.3) is 0 Å². The number of amides is 1. The molecule has 1 saturated carbocycles. The number of nitrogens with one attached hydrogen (secondary N) is 1. The topological polar surface area (TPSA) is 66.4 Å². The predicted octanol–water partition coefficient (Wildman–Crippen LogP) is 3.08. The summed E-state index contributed by atoms with van der Waals surface area (Å²) in [6.07, 6.45) is 2.82. The van der Waals surface area contributed by atoms with Crippen molar-refractivity contribution in [2.75, 3.05) is 0 Å². The molecule has 5 heteroatoms. The van der Waals surface area contributed by atoms with Gasteiger partial charge in [0, 0.05) is 12.5 Å². The Morgan fingerprint density at radius 1 is 1.27 bits per heavy atom. The van der Waals surface area contributed by atoms with Gasteiger partial charge in [-0.25, -0.2) is 4.39 Å². The lowest BCUT2D eigenvalue weighted by atomic mass is 9.86. The lowest BCUT2D eigenvalue weighted by molar-refractivity contribution is -0.142. The summed E-state index contributed by atoms with van der Waals surface area (Å²) in [4.78, 5) is 23.0. The molecule has 2 rings (SSSR count). The lowest BCUT2D eigenvalue weighted by Gasteiger charge is -2.27. The molecule has 0 radical (unpaired) electrons. The van der Waals surface area contributed by atoms with Crippen LogP contribution < -0.4 is 5.32 Å². The second-order valence-corrected chi connectivity index (χ2v) is 6.08. The highest BCUT2D eigenvalue weighted by Gasteiger charge is 2.27. The minimum atomic E-state index is -0.752. The van der Waals surface area contributed by atoms with E-state index in [0.717, 1.165) is 0 Å². The number of aliphatic carboxylic acids is 1. The molecular weight excluding hydrogens is 285 g/mol. The quantitative estimate of drug-likeness (QED) is 0.878. The number of hydrogen-bond donors (Lipinski definition) is 2. The highest BCUT2D eigenvalue weighted by Crippen LogP contribution is 2.25. The number of halogens is 1. The van der Waals surface area contributed by atoms with Gasteiger partial charge in [-0.3, -0.25) is 9.59 Å². The minimum absolute atomic E-state index is 0.0379. The maximum absolute atomic E-state index is 13.7. The van der Waals surface area contributed by atoms with Crippen molar-refractivity contribution in [1.82, 2.24) is 5.32 Å². The zero-order valence-electron chi connectivity index (χ0n) is 12.7. The Hall–Kier alpha value is -1.91. The predicted molar refractivity (Wildman–Crippen MR) is 81.0 cm³/mol. The van der Waals surface area contributed by atoms with Crippen molar-refractivity contribution < 1.29 is 19.1 Å². The molecule has 120 valence electrons. The molecule has 4 nitrogen and oxygen atoms in total. The molecule has 1 unspecified atom stereocenters. The summed E-state index contributed by atoms with van der Waals surface area (Å²) in [7, 11) is 0. The summed E-state index contributed by atoms with van der Waals surface area (Å²) in [6, 6.07) is 6.53. The van der Waals surface area contributed by atoms with E-state index in [-0.39, 0.29) is 36.0 Å². The smallest absolute Gasteiger partial charge is 0.306 e. The highest BCUT2D eigenvalue weighted by molar-refractivity contribution is 5.77. The molecule has 1 aromatic carbocycles. The maximum Gasteiger partial charge on any atom is 0.306 e. The van der Waals surface area contributed by atoms with Crippen LogP contribution in [0, 0.1) is 11.7 Å². The molecule has 22 heavy (non-hydrogen) atoms. The first-order valence-electron chi connectivity index (χ1n) is 7.74. The van der Waals surface area contributed by atoms with Crippen LogP contribution in [0.3, 0.4) is 0 Å². The summed E-state index contributed by atoms with van der Waals surface area (Å²) < 4.78 is 13.7. The first-order chi connectivity index (χ1) is 10.5. The minimum Gasteiger partial charge on any atom is -0.481 e. The van der Waals surface area contributed by atoms with Crippen LogP contribution in [-0.2, 0) is 9.59 Å². The summed E-state index contributed by atoms with van der Waals surface area (Å²) >= 11 is 0. The second-order valence-electron chi connectivity index (χ2n) is 6.08. The van der Waals surface area contributed by atoms with Crippen LogP contribution in [0.1, 0.15) is 50.5 Å². The molecule has 0 aliphatic heterocycles. The Bertz CT molecular complexity index is 538. The van der Waals surface area contributed by atoms with Crippen molar-refractivity contribution in [2.24, 2.45) is 5.92 Å². The van der Waals surface area contributed by atoms with E-state index in [9.17, 15) is 14.0 Å². The Balaban J connectivity index is 1.81. The molecule has 0 saturated heterocycles. The fraction of sp³-hybridized carbons (Fsp3) is 0.529. The van der Waals surface area contributed by atoms with Crippen molar-refractivity contribution >= 4 is 11.9 Å². The van der Waals surface area contributed by atoms with E-state index < -0.39 is 5.97 Å². The molecular formula is C17H22FNO3. The van der Waals surface area contributed by atoms with E-state index >= 15 is 0 Å². The van der Waals surface area contributed by atoms with Gasteiger partial charge in [-0.1, -0.05) is 25.1 Å². The molecule has 1 atom stereocenters. The van der Waals surface area contributed by atoms with Gasteiger partial charge in [0.25, 0.3) is 0 Å². The molecule has 1 fully saturated rings. The van der Waals surface area contributed by atoms with Gasteiger partial charge < -0.3 is 10.4 Å². The van der Waals surface area contributed by atoms with Crippen molar-refractivity contribution in [3.8, 4) is 0 Å².